The second kappa shape index (κ2) is 5.84. The van der Waals surface area contributed by atoms with E-state index in [1.165, 1.54) is 6.33 Å². The number of nitrogens with zero attached hydrogens (tertiary/aromatic N) is 3. The van der Waals surface area contributed by atoms with Crippen molar-refractivity contribution in [2.75, 3.05) is 10.6 Å². The van der Waals surface area contributed by atoms with E-state index < -0.39 is 6.10 Å². The minimum atomic E-state index is -0.518. The lowest BCUT2D eigenvalue weighted by molar-refractivity contribution is -0.122. The third-order valence-electron chi connectivity index (χ3n) is 3.23. The number of amides is 2. The molecule has 2 N–H and O–H groups in total. The summed E-state index contributed by atoms with van der Waals surface area (Å²) in [5, 5.41) is 9.44. The Hall–Kier alpha value is -2.90. The largest absolute Gasteiger partial charge is 0.479 e. The maximum atomic E-state index is 11.9. The molecule has 0 fully saturated rings. The van der Waals surface area contributed by atoms with Gasteiger partial charge in [0, 0.05) is 12.1 Å². The van der Waals surface area contributed by atoms with Gasteiger partial charge in [-0.1, -0.05) is 0 Å². The zero-order chi connectivity index (χ0) is 15.5. The van der Waals surface area contributed by atoms with Gasteiger partial charge in [0.15, 0.2) is 6.10 Å². The Kier molecular flexibility index (Phi) is 3.73. The topological polar surface area (TPSA) is 98.1 Å². The van der Waals surface area contributed by atoms with Crippen LogP contribution in [0.2, 0.25) is 0 Å². The van der Waals surface area contributed by atoms with Gasteiger partial charge in [-0.2, -0.15) is 5.10 Å². The number of fused-ring (bicyclic) bond motifs is 1. The zero-order valence-electron chi connectivity index (χ0n) is 11.9. The van der Waals surface area contributed by atoms with Gasteiger partial charge in [0.05, 0.1) is 12.2 Å². The molecular formula is C14H15N5O3. The van der Waals surface area contributed by atoms with Gasteiger partial charge in [0.1, 0.15) is 18.4 Å². The predicted molar refractivity (Wildman–Crippen MR) is 78.4 cm³/mol. The maximum Gasteiger partial charge on any atom is 0.265 e. The first-order chi connectivity index (χ1) is 10.6. The number of hydrogen-bond donors (Lipinski definition) is 2. The van der Waals surface area contributed by atoms with Crippen LogP contribution < -0.4 is 15.4 Å². The van der Waals surface area contributed by atoms with Crippen molar-refractivity contribution < 1.29 is 14.3 Å². The summed E-state index contributed by atoms with van der Waals surface area (Å²) in [6, 6.07) is 5.13. The van der Waals surface area contributed by atoms with E-state index in [9.17, 15) is 9.59 Å². The van der Waals surface area contributed by atoms with Crippen LogP contribution in [0.5, 0.6) is 5.75 Å². The highest BCUT2D eigenvalue weighted by molar-refractivity contribution is 5.99. The van der Waals surface area contributed by atoms with Crippen molar-refractivity contribution >= 4 is 23.2 Å². The number of carbonyl (C=O) groups is 2. The lowest BCUT2D eigenvalue weighted by Crippen LogP contribution is -2.34. The zero-order valence-corrected chi connectivity index (χ0v) is 11.9. The van der Waals surface area contributed by atoms with Crippen molar-refractivity contribution in [2.24, 2.45) is 0 Å². The van der Waals surface area contributed by atoms with Crippen molar-refractivity contribution in [3.8, 4) is 5.75 Å². The number of hydrogen-bond acceptors (Lipinski definition) is 5. The molecular weight excluding hydrogens is 286 g/mol. The average Bonchev–Trinajstić information content (AvgIpc) is 3.00. The summed E-state index contributed by atoms with van der Waals surface area (Å²) in [6.45, 7) is 2.13. The van der Waals surface area contributed by atoms with Crippen LogP contribution in [-0.2, 0) is 16.1 Å². The lowest BCUT2D eigenvalue weighted by atomic mass is 10.2. The van der Waals surface area contributed by atoms with E-state index in [1.54, 1.807) is 36.1 Å². The quantitative estimate of drug-likeness (QED) is 0.878. The van der Waals surface area contributed by atoms with Gasteiger partial charge in [-0.25, -0.2) is 4.98 Å². The van der Waals surface area contributed by atoms with Gasteiger partial charge in [-0.05, 0) is 25.1 Å². The van der Waals surface area contributed by atoms with Gasteiger partial charge in [-0.3, -0.25) is 14.3 Å². The molecule has 1 aromatic heterocycles. The highest BCUT2D eigenvalue weighted by atomic mass is 16.5. The maximum absolute atomic E-state index is 11.9. The Morgan fingerprint density at radius 3 is 3.14 bits per heavy atom. The number of ether oxygens (including phenoxy) is 1. The molecule has 1 aliphatic rings. The van der Waals surface area contributed by atoms with E-state index in [0.29, 0.717) is 23.7 Å². The van der Waals surface area contributed by atoms with Crippen LogP contribution >= 0.6 is 0 Å². The molecule has 1 atom stereocenters. The number of nitrogens with one attached hydrogen (secondary N) is 2. The number of anilines is 2. The fourth-order valence-corrected chi connectivity index (χ4v) is 2.07. The number of aryl methyl sites for hydroxylation is 1. The Bertz CT molecular complexity index is 699. The number of carbonyl (C=O) groups excluding carboxylic acids is 2. The molecule has 0 unspecified atom stereocenters. The van der Waals surface area contributed by atoms with Crippen LogP contribution in [0, 0.1) is 0 Å². The summed E-state index contributed by atoms with van der Waals surface area (Å²) in [5.74, 6) is 0.238. The van der Waals surface area contributed by atoms with E-state index in [-0.39, 0.29) is 18.2 Å². The number of benzene rings is 1. The van der Waals surface area contributed by atoms with E-state index in [0.717, 1.165) is 0 Å². The summed E-state index contributed by atoms with van der Waals surface area (Å²) < 4.78 is 7.04. The highest BCUT2D eigenvalue weighted by Gasteiger charge is 2.23. The summed E-state index contributed by atoms with van der Waals surface area (Å²) in [5.41, 5.74) is 1.15. The molecule has 8 heteroatoms. The van der Waals surface area contributed by atoms with Crippen molar-refractivity contribution in [1.82, 2.24) is 14.8 Å². The molecule has 0 spiro atoms. The molecule has 2 heterocycles. The molecule has 22 heavy (non-hydrogen) atoms. The van der Waals surface area contributed by atoms with E-state index in [1.807, 2.05) is 0 Å². The van der Waals surface area contributed by atoms with E-state index in [4.69, 9.17) is 4.74 Å². The highest BCUT2D eigenvalue weighted by Crippen LogP contribution is 2.32. The van der Waals surface area contributed by atoms with Crippen LogP contribution in [0.25, 0.3) is 0 Å². The lowest BCUT2D eigenvalue weighted by Gasteiger charge is -2.23. The first kappa shape index (κ1) is 14.1. The molecule has 0 saturated carbocycles. The van der Waals surface area contributed by atoms with Gasteiger partial charge < -0.3 is 15.4 Å². The van der Waals surface area contributed by atoms with Crippen LogP contribution in [0.15, 0.2) is 30.9 Å². The number of rotatable bonds is 4. The van der Waals surface area contributed by atoms with Gasteiger partial charge in [0.25, 0.3) is 5.91 Å². The first-order valence-corrected chi connectivity index (χ1v) is 6.85. The van der Waals surface area contributed by atoms with Crippen LogP contribution in [0.1, 0.15) is 13.3 Å². The summed E-state index contributed by atoms with van der Waals surface area (Å²) >= 11 is 0. The molecule has 0 aliphatic carbocycles. The standard InChI is InChI=1S/C14H15N5O3/c1-9-14(21)18-11-6-10(2-3-12(11)22-9)17-13(20)4-5-19-8-15-7-16-19/h2-3,6-9H,4-5H2,1H3,(H,17,20)(H,18,21)/t9-/m0/s1. The molecule has 1 aromatic carbocycles. The Morgan fingerprint density at radius 2 is 2.36 bits per heavy atom. The third-order valence-corrected chi connectivity index (χ3v) is 3.23. The van der Waals surface area contributed by atoms with Gasteiger partial charge >= 0.3 is 0 Å². The first-order valence-electron chi connectivity index (χ1n) is 6.85. The summed E-state index contributed by atoms with van der Waals surface area (Å²) in [6.07, 6.45) is 2.74. The Labute approximate surface area is 126 Å². The Morgan fingerprint density at radius 1 is 1.50 bits per heavy atom. The molecule has 0 saturated heterocycles. The molecule has 114 valence electrons. The van der Waals surface area contributed by atoms with Crippen molar-refractivity contribution in [2.45, 2.75) is 26.0 Å². The SMILES string of the molecule is C[C@@H]1Oc2ccc(NC(=O)CCn3cncn3)cc2NC1=O. The molecule has 8 nitrogen and oxygen atoms in total. The molecule has 0 bridgehead atoms. The second-order valence-electron chi connectivity index (χ2n) is 4.92. The Balaban J connectivity index is 1.62. The van der Waals surface area contributed by atoms with Crippen LogP contribution in [0.3, 0.4) is 0 Å². The molecule has 3 rings (SSSR count). The van der Waals surface area contributed by atoms with Crippen molar-refractivity contribution in [1.29, 1.82) is 0 Å². The summed E-state index contributed by atoms with van der Waals surface area (Å²) in [4.78, 5) is 27.3. The van der Waals surface area contributed by atoms with Gasteiger partial charge in [0.2, 0.25) is 5.91 Å². The minimum absolute atomic E-state index is 0.146. The van der Waals surface area contributed by atoms with E-state index >= 15 is 0 Å². The molecule has 0 radical (unpaired) electrons. The average molecular weight is 301 g/mol. The van der Waals surface area contributed by atoms with Gasteiger partial charge in [-0.15, -0.1) is 0 Å². The second-order valence-corrected chi connectivity index (χ2v) is 4.92. The van der Waals surface area contributed by atoms with Crippen molar-refractivity contribution in [3.05, 3.63) is 30.9 Å². The normalized spacial score (nSPS) is 16.4. The number of aromatic nitrogens is 3. The third kappa shape index (κ3) is 3.05. The molecule has 1 aliphatic heterocycles. The summed E-state index contributed by atoms with van der Waals surface area (Å²) in [7, 11) is 0. The monoisotopic (exact) mass is 301 g/mol. The molecule has 2 amide bonds. The fourth-order valence-electron chi connectivity index (χ4n) is 2.07. The molecule has 2 aromatic rings. The van der Waals surface area contributed by atoms with Crippen LogP contribution in [0.4, 0.5) is 11.4 Å². The van der Waals surface area contributed by atoms with Crippen LogP contribution in [-0.4, -0.2) is 32.7 Å². The predicted octanol–water partition coefficient (Wildman–Crippen LogP) is 1.03. The van der Waals surface area contributed by atoms with Crippen molar-refractivity contribution in [3.63, 3.8) is 0 Å². The minimum Gasteiger partial charge on any atom is -0.479 e. The smallest absolute Gasteiger partial charge is 0.265 e. The fraction of sp³-hybridized carbons (Fsp3) is 0.286. The van der Waals surface area contributed by atoms with E-state index in [2.05, 4.69) is 20.7 Å².